The van der Waals surface area contributed by atoms with Gasteiger partial charge in [0.05, 0.1) is 0 Å². The minimum Gasteiger partial charge on any atom is -0.486 e. The quantitative estimate of drug-likeness (QED) is 0.902. The number of carbonyl (C=O) groups excluding carboxylic acids is 1. The van der Waals surface area contributed by atoms with Gasteiger partial charge in [-0.2, -0.15) is 0 Å². The van der Waals surface area contributed by atoms with Crippen LogP contribution in [0.1, 0.15) is 23.2 Å². The van der Waals surface area contributed by atoms with Crippen molar-refractivity contribution in [3.8, 4) is 11.5 Å². The molecule has 1 aromatic rings. The fraction of sp³-hybridized carbons (Fsp3) is 0.533. The predicted molar refractivity (Wildman–Crippen MR) is 82.4 cm³/mol. The Balaban J connectivity index is 0.00000161. The first-order valence-corrected chi connectivity index (χ1v) is 7.17. The molecule has 116 valence electrons. The van der Waals surface area contributed by atoms with Crippen LogP contribution in [0.4, 0.5) is 0 Å². The summed E-state index contributed by atoms with van der Waals surface area (Å²) >= 11 is 0. The number of nitrogens with two attached hydrogens (primary N) is 1. The van der Waals surface area contributed by atoms with Crippen molar-refractivity contribution in [2.45, 2.75) is 12.8 Å². The molecule has 2 heterocycles. The molecule has 1 aromatic carbocycles. The highest BCUT2D eigenvalue weighted by molar-refractivity contribution is 5.95. The van der Waals surface area contributed by atoms with Gasteiger partial charge in [0.15, 0.2) is 11.5 Å². The van der Waals surface area contributed by atoms with E-state index in [4.69, 9.17) is 15.2 Å². The van der Waals surface area contributed by atoms with Gasteiger partial charge in [0, 0.05) is 18.7 Å². The molecule has 1 unspecified atom stereocenters. The maximum Gasteiger partial charge on any atom is 0.254 e. The number of rotatable bonds is 2. The summed E-state index contributed by atoms with van der Waals surface area (Å²) in [5, 5.41) is 0. The molecule has 1 fully saturated rings. The van der Waals surface area contributed by atoms with Crippen LogP contribution in [-0.2, 0) is 0 Å². The highest BCUT2D eigenvalue weighted by Crippen LogP contribution is 2.31. The molecule has 1 atom stereocenters. The third kappa shape index (κ3) is 3.41. The Morgan fingerprint density at radius 3 is 2.81 bits per heavy atom. The SMILES string of the molecule is Cl.NCC1CCCN(C(=O)c2ccc3c(c2)OCCO3)C1. The van der Waals surface area contributed by atoms with Gasteiger partial charge in [-0.15, -0.1) is 12.4 Å². The van der Waals surface area contributed by atoms with E-state index in [-0.39, 0.29) is 18.3 Å². The predicted octanol–water partition coefficient (Wildman–Crippen LogP) is 1.69. The lowest BCUT2D eigenvalue weighted by Gasteiger charge is -2.32. The maximum atomic E-state index is 12.5. The van der Waals surface area contributed by atoms with Crippen LogP contribution in [0, 0.1) is 5.92 Å². The second-order valence-electron chi connectivity index (χ2n) is 5.35. The molecule has 0 radical (unpaired) electrons. The first-order valence-electron chi connectivity index (χ1n) is 7.17. The van der Waals surface area contributed by atoms with Crippen LogP contribution in [0.2, 0.25) is 0 Å². The van der Waals surface area contributed by atoms with Gasteiger partial charge in [-0.05, 0) is 43.5 Å². The zero-order valence-corrected chi connectivity index (χ0v) is 12.7. The van der Waals surface area contributed by atoms with E-state index in [1.165, 1.54) is 0 Å². The van der Waals surface area contributed by atoms with E-state index in [1.807, 2.05) is 17.0 Å². The summed E-state index contributed by atoms with van der Waals surface area (Å²) in [6.07, 6.45) is 2.14. The molecule has 2 aliphatic rings. The fourth-order valence-corrected chi connectivity index (χ4v) is 2.80. The number of hydrogen-bond donors (Lipinski definition) is 1. The molecule has 5 nitrogen and oxygen atoms in total. The molecule has 1 saturated heterocycles. The van der Waals surface area contributed by atoms with Crippen molar-refractivity contribution in [3.05, 3.63) is 23.8 Å². The molecule has 0 saturated carbocycles. The lowest BCUT2D eigenvalue weighted by Crippen LogP contribution is -2.42. The average molecular weight is 313 g/mol. The van der Waals surface area contributed by atoms with Crippen LogP contribution >= 0.6 is 12.4 Å². The van der Waals surface area contributed by atoms with E-state index in [2.05, 4.69) is 0 Å². The molecule has 0 bridgehead atoms. The van der Waals surface area contributed by atoms with Crippen molar-refractivity contribution < 1.29 is 14.3 Å². The molecule has 0 aliphatic carbocycles. The van der Waals surface area contributed by atoms with E-state index in [0.29, 0.717) is 42.7 Å². The number of fused-ring (bicyclic) bond motifs is 1. The van der Waals surface area contributed by atoms with Crippen molar-refractivity contribution in [3.63, 3.8) is 0 Å². The molecule has 21 heavy (non-hydrogen) atoms. The summed E-state index contributed by atoms with van der Waals surface area (Å²) < 4.78 is 11.0. The normalized spacial score (nSPS) is 20.6. The van der Waals surface area contributed by atoms with Crippen LogP contribution in [-0.4, -0.2) is 43.7 Å². The number of piperidine rings is 1. The number of hydrogen-bond acceptors (Lipinski definition) is 4. The first-order chi connectivity index (χ1) is 9.78. The summed E-state index contributed by atoms with van der Waals surface area (Å²) in [6, 6.07) is 5.40. The third-order valence-electron chi connectivity index (χ3n) is 3.93. The Morgan fingerprint density at radius 2 is 2.05 bits per heavy atom. The zero-order chi connectivity index (χ0) is 13.9. The van der Waals surface area contributed by atoms with Crippen LogP contribution in [0.5, 0.6) is 11.5 Å². The number of halogens is 1. The lowest BCUT2D eigenvalue weighted by atomic mass is 9.97. The van der Waals surface area contributed by atoms with Crippen molar-refractivity contribution in [2.24, 2.45) is 11.7 Å². The van der Waals surface area contributed by atoms with Gasteiger partial charge >= 0.3 is 0 Å². The first kappa shape index (κ1) is 15.9. The molecule has 0 aromatic heterocycles. The van der Waals surface area contributed by atoms with E-state index in [0.717, 1.165) is 25.9 Å². The van der Waals surface area contributed by atoms with Gasteiger partial charge in [-0.25, -0.2) is 0 Å². The Morgan fingerprint density at radius 1 is 1.29 bits per heavy atom. The smallest absolute Gasteiger partial charge is 0.254 e. The molecule has 1 amide bonds. The summed E-state index contributed by atoms with van der Waals surface area (Å²) in [4.78, 5) is 14.4. The molecular weight excluding hydrogens is 292 g/mol. The number of ether oxygens (including phenoxy) is 2. The second-order valence-corrected chi connectivity index (χ2v) is 5.35. The minimum absolute atomic E-state index is 0. The Labute approximate surface area is 130 Å². The number of nitrogens with zero attached hydrogens (tertiary/aromatic N) is 1. The summed E-state index contributed by atoms with van der Waals surface area (Å²) in [5.41, 5.74) is 6.38. The van der Waals surface area contributed by atoms with E-state index in [1.54, 1.807) is 6.07 Å². The van der Waals surface area contributed by atoms with E-state index in [9.17, 15) is 4.79 Å². The number of amides is 1. The molecule has 3 rings (SSSR count). The molecule has 6 heteroatoms. The zero-order valence-electron chi connectivity index (χ0n) is 11.9. The summed E-state index contributed by atoms with van der Waals surface area (Å²) in [5.74, 6) is 1.85. The molecule has 0 spiro atoms. The van der Waals surface area contributed by atoms with Gasteiger partial charge in [-0.3, -0.25) is 4.79 Å². The number of carbonyl (C=O) groups is 1. The highest BCUT2D eigenvalue weighted by Gasteiger charge is 2.24. The standard InChI is InChI=1S/C15H20N2O3.ClH/c16-9-11-2-1-5-17(10-11)15(18)12-3-4-13-14(8-12)20-7-6-19-13;/h3-4,8,11H,1-2,5-7,9-10,16H2;1H. The van der Waals surface area contributed by atoms with Crippen molar-refractivity contribution in [1.82, 2.24) is 4.90 Å². The van der Waals surface area contributed by atoms with Gasteiger partial charge in [0.1, 0.15) is 13.2 Å². The second kappa shape index (κ2) is 7.00. The third-order valence-corrected chi connectivity index (χ3v) is 3.93. The van der Waals surface area contributed by atoms with Gasteiger partial charge in [-0.1, -0.05) is 0 Å². The number of benzene rings is 1. The molecule has 2 aliphatic heterocycles. The Bertz CT molecular complexity index is 510. The van der Waals surface area contributed by atoms with Crippen LogP contribution in [0.3, 0.4) is 0 Å². The maximum absolute atomic E-state index is 12.5. The van der Waals surface area contributed by atoms with E-state index < -0.39 is 0 Å². The molecular formula is C15H21ClN2O3. The summed E-state index contributed by atoms with van der Waals surface area (Å²) in [7, 11) is 0. The van der Waals surface area contributed by atoms with Gasteiger partial charge < -0.3 is 20.1 Å². The average Bonchev–Trinajstić information content (AvgIpc) is 2.53. The lowest BCUT2D eigenvalue weighted by molar-refractivity contribution is 0.0677. The Hall–Kier alpha value is -1.46. The van der Waals surface area contributed by atoms with Gasteiger partial charge in [0.25, 0.3) is 5.91 Å². The number of likely N-dealkylation sites (tertiary alicyclic amines) is 1. The highest BCUT2D eigenvalue weighted by atomic mass is 35.5. The largest absolute Gasteiger partial charge is 0.486 e. The van der Waals surface area contributed by atoms with Crippen LogP contribution < -0.4 is 15.2 Å². The van der Waals surface area contributed by atoms with E-state index >= 15 is 0 Å². The van der Waals surface area contributed by atoms with Crippen molar-refractivity contribution in [1.29, 1.82) is 0 Å². The minimum atomic E-state index is 0. The monoisotopic (exact) mass is 312 g/mol. The summed E-state index contributed by atoms with van der Waals surface area (Å²) in [6.45, 7) is 3.30. The van der Waals surface area contributed by atoms with Crippen LogP contribution in [0.25, 0.3) is 0 Å². The molecule has 2 N–H and O–H groups in total. The Kier molecular flexibility index (Phi) is 5.31. The van der Waals surface area contributed by atoms with Crippen molar-refractivity contribution in [2.75, 3.05) is 32.8 Å². The topological polar surface area (TPSA) is 64.8 Å². The fourth-order valence-electron chi connectivity index (χ4n) is 2.80. The van der Waals surface area contributed by atoms with Crippen molar-refractivity contribution >= 4 is 18.3 Å². The van der Waals surface area contributed by atoms with Gasteiger partial charge in [0.2, 0.25) is 0 Å². The van der Waals surface area contributed by atoms with Crippen LogP contribution in [0.15, 0.2) is 18.2 Å².